The second kappa shape index (κ2) is 8.97. The third-order valence-electron chi connectivity index (χ3n) is 4.98. The van der Waals surface area contributed by atoms with Crippen LogP contribution in [0.15, 0.2) is 30.4 Å². The van der Waals surface area contributed by atoms with Crippen molar-refractivity contribution in [2.75, 3.05) is 57.4 Å². The number of halogens is 1. The summed E-state index contributed by atoms with van der Waals surface area (Å²) in [5.74, 6) is -1.04. The summed E-state index contributed by atoms with van der Waals surface area (Å²) in [5.41, 5.74) is 0.764. The van der Waals surface area contributed by atoms with Gasteiger partial charge in [0.15, 0.2) is 5.78 Å². The lowest BCUT2D eigenvalue weighted by Gasteiger charge is -2.35. The van der Waals surface area contributed by atoms with E-state index in [4.69, 9.17) is 4.74 Å². The number of morpholine rings is 1. The quantitative estimate of drug-likeness (QED) is 0.570. The molecule has 2 fully saturated rings. The third-order valence-corrected chi connectivity index (χ3v) is 4.98. The molecule has 1 aromatic rings. The first-order valence-electron chi connectivity index (χ1n) is 9.35. The fourth-order valence-electron chi connectivity index (χ4n) is 3.29. The summed E-state index contributed by atoms with van der Waals surface area (Å²) in [6.45, 7) is 5.31. The topological polar surface area (TPSA) is 70.2 Å². The number of anilines is 1. The minimum absolute atomic E-state index is 0.181. The second-order valence-corrected chi connectivity index (χ2v) is 6.81. The molecule has 2 amide bonds. The van der Waals surface area contributed by atoms with Crippen molar-refractivity contribution in [2.45, 2.75) is 6.92 Å². The molecule has 0 radical (unpaired) electrons. The Balaban J connectivity index is 1.53. The molecule has 0 saturated carbocycles. The molecule has 28 heavy (non-hydrogen) atoms. The molecule has 0 bridgehead atoms. The minimum atomic E-state index is -0.441. The maximum Gasteiger partial charge on any atom is 0.246 e. The van der Waals surface area contributed by atoms with Crippen LogP contribution < -0.4 is 4.90 Å². The number of Topliss-reactive ketones (excluding diaryl/α,β-unsaturated/α-hetero) is 1. The third kappa shape index (κ3) is 4.75. The van der Waals surface area contributed by atoms with Gasteiger partial charge in [0.05, 0.1) is 18.9 Å². The second-order valence-electron chi connectivity index (χ2n) is 6.81. The van der Waals surface area contributed by atoms with E-state index >= 15 is 0 Å². The Kier molecular flexibility index (Phi) is 6.41. The van der Waals surface area contributed by atoms with E-state index in [9.17, 15) is 18.8 Å². The normalized spacial score (nSPS) is 17.9. The Hall–Kier alpha value is -2.74. The molecule has 0 unspecified atom stereocenters. The van der Waals surface area contributed by atoms with Gasteiger partial charge in [-0.05, 0) is 25.1 Å². The van der Waals surface area contributed by atoms with Crippen LogP contribution >= 0.6 is 0 Å². The van der Waals surface area contributed by atoms with Gasteiger partial charge in [-0.2, -0.15) is 0 Å². The van der Waals surface area contributed by atoms with Crippen LogP contribution in [0.1, 0.15) is 17.3 Å². The number of amides is 2. The molecule has 2 aliphatic heterocycles. The highest BCUT2D eigenvalue weighted by atomic mass is 19.1. The van der Waals surface area contributed by atoms with Crippen LogP contribution in [0, 0.1) is 5.82 Å². The molecular weight excluding hydrogens is 365 g/mol. The Morgan fingerprint density at radius 3 is 2.04 bits per heavy atom. The van der Waals surface area contributed by atoms with Crippen molar-refractivity contribution < 1.29 is 23.5 Å². The van der Waals surface area contributed by atoms with E-state index in [1.807, 2.05) is 4.90 Å². The van der Waals surface area contributed by atoms with E-state index in [2.05, 4.69) is 0 Å². The van der Waals surface area contributed by atoms with Crippen LogP contribution in [0.2, 0.25) is 0 Å². The molecule has 0 aromatic heterocycles. The predicted molar refractivity (Wildman–Crippen MR) is 102 cm³/mol. The van der Waals surface area contributed by atoms with E-state index < -0.39 is 5.82 Å². The molecule has 1 aromatic carbocycles. The van der Waals surface area contributed by atoms with Crippen molar-refractivity contribution in [3.63, 3.8) is 0 Å². The smallest absolute Gasteiger partial charge is 0.246 e. The molecule has 2 aliphatic rings. The molecule has 8 heteroatoms. The average Bonchev–Trinajstić information content (AvgIpc) is 2.72. The summed E-state index contributed by atoms with van der Waals surface area (Å²) in [6, 6.07) is 4.46. The largest absolute Gasteiger partial charge is 0.378 e. The van der Waals surface area contributed by atoms with Gasteiger partial charge in [0, 0.05) is 57.0 Å². The van der Waals surface area contributed by atoms with Crippen molar-refractivity contribution in [3.05, 3.63) is 41.7 Å². The summed E-state index contributed by atoms with van der Waals surface area (Å²) in [6.07, 6.45) is 2.61. The summed E-state index contributed by atoms with van der Waals surface area (Å²) in [4.78, 5) is 40.9. The standard InChI is InChI=1S/C20H24FN3O4/c1-15(25)16-2-3-18(17(21)14-16)22-6-8-23(9-7-22)19(26)4-5-20(27)24-10-12-28-13-11-24/h2-5,14H,6-13H2,1H3. The predicted octanol–water partition coefficient (Wildman–Crippen LogP) is 1.09. The van der Waals surface area contributed by atoms with Crippen molar-refractivity contribution >= 4 is 23.3 Å². The van der Waals surface area contributed by atoms with E-state index in [0.29, 0.717) is 63.7 Å². The molecule has 150 valence electrons. The summed E-state index contributed by atoms with van der Waals surface area (Å²) < 4.78 is 19.5. The van der Waals surface area contributed by atoms with Gasteiger partial charge < -0.3 is 19.4 Å². The van der Waals surface area contributed by atoms with Gasteiger partial charge in [-0.25, -0.2) is 4.39 Å². The van der Waals surface area contributed by atoms with Crippen molar-refractivity contribution in [1.29, 1.82) is 0 Å². The highest BCUT2D eigenvalue weighted by Crippen LogP contribution is 2.22. The Labute approximate surface area is 163 Å². The summed E-state index contributed by atoms with van der Waals surface area (Å²) in [5, 5.41) is 0. The molecule has 2 saturated heterocycles. The number of ketones is 1. The lowest BCUT2D eigenvalue weighted by atomic mass is 10.1. The first-order valence-corrected chi connectivity index (χ1v) is 9.35. The zero-order chi connectivity index (χ0) is 20.1. The van der Waals surface area contributed by atoms with Gasteiger partial charge in [0.1, 0.15) is 5.82 Å². The van der Waals surface area contributed by atoms with Crippen LogP contribution in [0.5, 0.6) is 0 Å². The van der Waals surface area contributed by atoms with Crippen molar-refractivity contribution in [1.82, 2.24) is 9.80 Å². The Morgan fingerprint density at radius 2 is 1.50 bits per heavy atom. The maximum absolute atomic E-state index is 14.3. The van der Waals surface area contributed by atoms with Crippen LogP contribution in [0.25, 0.3) is 0 Å². The number of benzene rings is 1. The molecule has 7 nitrogen and oxygen atoms in total. The average molecular weight is 389 g/mol. The number of nitrogens with zero attached hydrogens (tertiary/aromatic N) is 3. The lowest BCUT2D eigenvalue weighted by Crippen LogP contribution is -2.48. The number of piperazine rings is 1. The first-order chi connectivity index (χ1) is 13.5. The molecular formula is C20H24FN3O4. The van der Waals surface area contributed by atoms with Crippen molar-refractivity contribution in [3.8, 4) is 0 Å². The Morgan fingerprint density at radius 1 is 0.929 bits per heavy atom. The Bertz CT molecular complexity index is 782. The SMILES string of the molecule is CC(=O)c1ccc(N2CCN(C(=O)C=CC(=O)N3CCOCC3)CC2)c(F)c1. The molecule has 0 N–H and O–H groups in total. The number of hydrogen-bond acceptors (Lipinski definition) is 5. The molecule has 2 heterocycles. The van der Waals surface area contributed by atoms with Gasteiger partial charge in [-0.15, -0.1) is 0 Å². The van der Waals surface area contributed by atoms with Crippen LogP contribution in [0.3, 0.4) is 0 Å². The van der Waals surface area contributed by atoms with E-state index in [1.54, 1.807) is 21.9 Å². The molecule has 0 aliphatic carbocycles. The molecule has 0 spiro atoms. The zero-order valence-electron chi connectivity index (χ0n) is 15.9. The van der Waals surface area contributed by atoms with E-state index in [0.717, 1.165) is 0 Å². The number of rotatable bonds is 4. The van der Waals surface area contributed by atoms with E-state index in [1.165, 1.54) is 25.1 Å². The fourth-order valence-corrected chi connectivity index (χ4v) is 3.29. The maximum atomic E-state index is 14.3. The molecule has 0 atom stereocenters. The van der Waals surface area contributed by atoms with E-state index in [-0.39, 0.29) is 17.6 Å². The summed E-state index contributed by atoms with van der Waals surface area (Å²) in [7, 11) is 0. The number of carbonyl (C=O) groups is 3. The fraction of sp³-hybridized carbons (Fsp3) is 0.450. The number of carbonyl (C=O) groups excluding carboxylic acids is 3. The van der Waals surface area contributed by atoms with Crippen molar-refractivity contribution in [2.24, 2.45) is 0 Å². The van der Waals surface area contributed by atoms with Gasteiger partial charge in [0.25, 0.3) is 0 Å². The van der Waals surface area contributed by atoms with Crippen LogP contribution in [-0.4, -0.2) is 79.9 Å². The first kappa shape index (κ1) is 20.0. The van der Waals surface area contributed by atoms with Gasteiger partial charge in [0.2, 0.25) is 11.8 Å². The number of ether oxygens (including phenoxy) is 1. The van der Waals surface area contributed by atoms with Crippen LogP contribution in [-0.2, 0) is 14.3 Å². The monoisotopic (exact) mass is 389 g/mol. The highest BCUT2D eigenvalue weighted by Gasteiger charge is 2.22. The van der Waals surface area contributed by atoms with Gasteiger partial charge in [-0.1, -0.05) is 0 Å². The molecule has 3 rings (SSSR count). The zero-order valence-corrected chi connectivity index (χ0v) is 15.9. The van der Waals surface area contributed by atoms with Crippen LogP contribution in [0.4, 0.5) is 10.1 Å². The highest BCUT2D eigenvalue weighted by molar-refractivity contribution is 5.97. The minimum Gasteiger partial charge on any atom is -0.378 e. The number of hydrogen-bond donors (Lipinski definition) is 0. The van der Waals surface area contributed by atoms with Gasteiger partial charge >= 0.3 is 0 Å². The van der Waals surface area contributed by atoms with Gasteiger partial charge in [-0.3, -0.25) is 14.4 Å². The summed E-state index contributed by atoms with van der Waals surface area (Å²) >= 11 is 0. The lowest BCUT2D eigenvalue weighted by molar-refractivity contribution is -0.131.